The van der Waals surface area contributed by atoms with E-state index in [0.717, 1.165) is 22.9 Å². The molecule has 1 heterocycles. The average Bonchev–Trinajstić information content (AvgIpc) is 3.01. The van der Waals surface area contributed by atoms with Crippen LogP contribution in [0.1, 0.15) is 46.8 Å². The highest BCUT2D eigenvalue weighted by Gasteiger charge is 2.37. The number of rotatable bonds is 5. The third-order valence-corrected chi connectivity index (χ3v) is 4.64. The Bertz CT molecular complexity index is 433. The summed E-state index contributed by atoms with van der Waals surface area (Å²) < 4.78 is 0. The number of carboxylic acids is 1. The van der Waals surface area contributed by atoms with Crippen LogP contribution in [0.3, 0.4) is 0 Å². The Kier molecular flexibility index (Phi) is 3.27. The number of hydrogen-bond donors (Lipinski definition) is 2. The first-order valence-corrected chi connectivity index (χ1v) is 6.79. The first-order chi connectivity index (χ1) is 7.90. The maximum absolute atomic E-state index is 10.9. The Balaban J connectivity index is 2.01. The lowest BCUT2D eigenvalue weighted by molar-refractivity contribution is 0.0702. The molecule has 0 amide bonds. The lowest BCUT2D eigenvalue weighted by atomic mass is 9.98. The molecule has 0 atom stereocenters. The van der Waals surface area contributed by atoms with E-state index < -0.39 is 5.97 Å². The van der Waals surface area contributed by atoms with E-state index in [-0.39, 0.29) is 5.54 Å². The monoisotopic (exact) mass is 253 g/mol. The fraction of sp³-hybridized carbons (Fsp3) is 0.615. The highest BCUT2D eigenvalue weighted by Crippen LogP contribution is 2.39. The van der Waals surface area contributed by atoms with Crippen molar-refractivity contribution < 1.29 is 9.90 Å². The summed E-state index contributed by atoms with van der Waals surface area (Å²) in [5, 5.41) is 12.5. The number of carbonyl (C=O) groups is 1. The maximum Gasteiger partial charge on any atom is 0.345 e. The third kappa shape index (κ3) is 2.87. The highest BCUT2D eigenvalue weighted by molar-refractivity contribution is 7.14. The molecule has 17 heavy (non-hydrogen) atoms. The van der Waals surface area contributed by atoms with Crippen LogP contribution in [-0.2, 0) is 6.54 Å². The lowest BCUT2D eigenvalue weighted by Gasteiger charge is -2.26. The molecule has 94 valence electrons. The largest absolute Gasteiger partial charge is 0.477 e. The van der Waals surface area contributed by atoms with Gasteiger partial charge in [0, 0.05) is 17.0 Å². The van der Waals surface area contributed by atoms with Crippen molar-refractivity contribution in [2.45, 2.75) is 45.7 Å². The fourth-order valence-electron chi connectivity index (χ4n) is 2.07. The zero-order valence-corrected chi connectivity index (χ0v) is 11.4. The van der Waals surface area contributed by atoms with E-state index in [1.165, 1.54) is 24.2 Å². The highest BCUT2D eigenvalue weighted by atomic mass is 32.1. The number of aromatic carboxylic acids is 1. The van der Waals surface area contributed by atoms with Crippen molar-refractivity contribution in [2.75, 3.05) is 0 Å². The Morgan fingerprint density at radius 1 is 1.59 bits per heavy atom. The summed E-state index contributed by atoms with van der Waals surface area (Å²) in [6.45, 7) is 7.20. The van der Waals surface area contributed by atoms with Crippen molar-refractivity contribution in [3.63, 3.8) is 0 Å². The number of thiophene rings is 1. The van der Waals surface area contributed by atoms with Crippen molar-refractivity contribution >= 4 is 17.3 Å². The van der Waals surface area contributed by atoms with Crippen molar-refractivity contribution in [1.29, 1.82) is 0 Å². The Hall–Kier alpha value is -0.870. The second kappa shape index (κ2) is 4.42. The fourth-order valence-corrected chi connectivity index (χ4v) is 2.95. The molecule has 1 saturated carbocycles. The van der Waals surface area contributed by atoms with E-state index in [4.69, 9.17) is 5.11 Å². The van der Waals surface area contributed by atoms with Gasteiger partial charge in [-0.15, -0.1) is 11.3 Å². The molecule has 3 nitrogen and oxygen atoms in total. The van der Waals surface area contributed by atoms with Gasteiger partial charge in [0.25, 0.3) is 0 Å². The molecule has 2 rings (SSSR count). The summed E-state index contributed by atoms with van der Waals surface area (Å²) in [5.74, 6) is -0.0498. The van der Waals surface area contributed by atoms with Crippen LogP contribution in [0.5, 0.6) is 0 Å². The molecule has 0 saturated heterocycles. The zero-order chi connectivity index (χ0) is 12.6. The minimum Gasteiger partial charge on any atom is -0.477 e. The average molecular weight is 253 g/mol. The topological polar surface area (TPSA) is 49.3 Å². The van der Waals surface area contributed by atoms with Crippen LogP contribution < -0.4 is 5.32 Å². The molecule has 4 heteroatoms. The molecule has 2 N–H and O–H groups in total. The minimum absolute atomic E-state index is 0.164. The molecule has 0 radical (unpaired) electrons. The summed E-state index contributed by atoms with van der Waals surface area (Å²) in [6, 6.07) is 1.79. The molecule has 1 aliphatic rings. The summed E-state index contributed by atoms with van der Waals surface area (Å²) in [7, 11) is 0. The maximum atomic E-state index is 10.9. The van der Waals surface area contributed by atoms with E-state index in [1.54, 1.807) is 6.07 Å². The van der Waals surface area contributed by atoms with Crippen molar-refractivity contribution in [1.82, 2.24) is 5.32 Å². The van der Waals surface area contributed by atoms with Crippen LogP contribution in [0, 0.1) is 12.8 Å². The van der Waals surface area contributed by atoms with Gasteiger partial charge in [0.2, 0.25) is 0 Å². The number of aryl methyl sites for hydroxylation is 1. The summed E-state index contributed by atoms with van der Waals surface area (Å²) in [5.41, 5.74) is 1.28. The molecule has 0 unspecified atom stereocenters. The quantitative estimate of drug-likeness (QED) is 0.848. The van der Waals surface area contributed by atoms with Crippen LogP contribution in [0.15, 0.2) is 6.07 Å². The molecule has 1 aromatic heterocycles. The Labute approximate surface area is 106 Å². The molecule has 1 fully saturated rings. The molecule has 0 bridgehead atoms. The van der Waals surface area contributed by atoms with Gasteiger partial charge >= 0.3 is 5.97 Å². The molecule has 0 aliphatic heterocycles. The van der Waals surface area contributed by atoms with Crippen LogP contribution in [-0.4, -0.2) is 16.6 Å². The van der Waals surface area contributed by atoms with Gasteiger partial charge in [0.05, 0.1) is 0 Å². The summed E-state index contributed by atoms with van der Waals surface area (Å²) in [6.07, 6.45) is 2.62. The minimum atomic E-state index is -0.828. The summed E-state index contributed by atoms with van der Waals surface area (Å²) >= 11 is 1.36. The van der Waals surface area contributed by atoms with Crippen LogP contribution in [0.2, 0.25) is 0 Å². The second-order valence-electron chi connectivity index (χ2n) is 5.35. The molecule has 0 spiro atoms. The van der Waals surface area contributed by atoms with Crippen molar-refractivity contribution in [3.05, 3.63) is 21.4 Å². The van der Waals surface area contributed by atoms with Gasteiger partial charge < -0.3 is 10.4 Å². The number of nitrogens with one attached hydrogen (secondary N) is 1. The van der Waals surface area contributed by atoms with Gasteiger partial charge in [0.15, 0.2) is 0 Å². The van der Waals surface area contributed by atoms with E-state index in [2.05, 4.69) is 19.2 Å². The number of carboxylic acid groups (broad SMARTS) is 1. The first-order valence-electron chi connectivity index (χ1n) is 5.98. The lowest BCUT2D eigenvalue weighted by Crippen LogP contribution is -2.40. The standard InChI is InChI=1S/C13H19NO2S/c1-8-9(6-11(17-8)12(15)16)7-14-13(2,3)10-4-5-10/h6,10,14H,4-5,7H2,1-3H3,(H,15,16). The Morgan fingerprint density at radius 3 is 2.71 bits per heavy atom. The Morgan fingerprint density at radius 2 is 2.24 bits per heavy atom. The predicted octanol–water partition coefficient (Wildman–Crippen LogP) is 3.03. The van der Waals surface area contributed by atoms with E-state index in [9.17, 15) is 4.79 Å². The predicted molar refractivity (Wildman–Crippen MR) is 69.7 cm³/mol. The van der Waals surface area contributed by atoms with E-state index in [1.807, 2.05) is 6.92 Å². The van der Waals surface area contributed by atoms with Crippen LogP contribution in [0.25, 0.3) is 0 Å². The van der Waals surface area contributed by atoms with Crippen LogP contribution in [0.4, 0.5) is 0 Å². The SMILES string of the molecule is Cc1sc(C(=O)O)cc1CNC(C)(C)C1CC1. The van der Waals surface area contributed by atoms with Gasteiger partial charge in [-0.2, -0.15) is 0 Å². The van der Waals surface area contributed by atoms with Gasteiger partial charge in [0.1, 0.15) is 4.88 Å². The molecular formula is C13H19NO2S. The molecule has 0 aromatic carbocycles. The van der Waals surface area contributed by atoms with Gasteiger partial charge in [-0.25, -0.2) is 4.79 Å². The van der Waals surface area contributed by atoms with Gasteiger partial charge in [-0.05, 0) is 51.2 Å². The van der Waals surface area contributed by atoms with Crippen LogP contribution >= 0.6 is 11.3 Å². The summed E-state index contributed by atoms with van der Waals surface area (Å²) in [4.78, 5) is 12.4. The normalized spacial score (nSPS) is 16.2. The van der Waals surface area contributed by atoms with E-state index in [0.29, 0.717) is 4.88 Å². The smallest absolute Gasteiger partial charge is 0.345 e. The van der Waals surface area contributed by atoms with Crippen molar-refractivity contribution in [3.8, 4) is 0 Å². The van der Waals surface area contributed by atoms with Gasteiger partial charge in [-0.3, -0.25) is 0 Å². The molecule has 1 aromatic rings. The third-order valence-electron chi connectivity index (χ3n) is 3.56. The van der Waals surface area contributed by atoms with Gasteiger partial charge in [-0.1, -0.05) is 0 Å². The number of hydrogen-bond acceptors (Lipinski definition) is 3. The van der Waals surface area contributed by atoms with E-state index >= 15 is 0 Å². The second-order valence-corrected chi connectivity index (χ2v) is 6.60. The van der Waals surface area contributed by atoms with Crippen molar-refractivity contribution in [2.24, 2.45) is 5.92 Å². The molecule has 1 aliphatic carbocycles. The zero-order valence-electron chi connectivity index (χ0n) is 10.5. The molecular weight excluding hydrogens is 234 g/mol. The first kappa shape index (κ1) is 12.6.